The van der Waals surface area contributed by atoms with E-state index in [0.29, 0.717) is 12.8 Å². The molecule has 9 nitrogen and oxygen atoms in total. The van der Waals surface area contributed by atoms with Crippen molar-refractivity contribution in [3.05, 3.63) is 0 Å². The van der Waals surface area contributed by atoms with Gasteiger partial charge in [-0.25, -0.2) is 9.86 Å². The second kappa shape index (κ2) is 7.02. The van der Waals surface area contributed by atoms with E-state index in [4.69, 9.17) is 20.9 Å². The van der Waals surface area contributed by atoms with E-state index in [1.165, 1.54) is 0 Å². The first kappa shape index (κ1) is 17.3. The number of carboxylic acid groups (broad SMARTS) is 1. The molecule has 11 heteroatoms. The Morgan fingerprint density at radius 1 is 1.33 bits per heavy atom. The molecule has 0 saturated heterocycles. The first-order valence-electron chi connectivity index (χ1n) is 5.22. The van der Waals surface area contributed by atoms with Gasteiger partial charge >= 0.3 is 13.1 Å². The van der Waals surface area contributed by atoms with Crippen LogP contribution in [0.25, 0.3) is 0 Å². The van der Waals surface area contributed by atoms with Crippen LogP contribution in [0.15, 0.2) is 0 Å². The summed E-state index contributed by atoms with van der Waals surface area (Å²) in [7, 11) is -5.46. The van der Waals surface area contributed by atoms with Crippen molar-refractivity contribution in [2.24, 2.45) is 10.9 Å². The van der Waals surface area contributed by atoms with Crippen LogP contribution in [-0.4, -0.2) is 48.7 Å². The zero-order valence-corrected chi connectivity index (χ0v) is 10.6. The molecule has 0 amide bonds. The lowest BCUT2D eigenvalue weighted by molar-refractivity contribution is -0.143. The third-order valence-electron chi connectivity index (χ3n) is 2.35. The SMILES string of the molecule is NC(CCCCB(O)O)(CNS(N)(=O)=O)C(=O)O. The highest BCUT2D eigenvalue weighted by atomic mass is 32.2. The molecule has 0 bridgehead atoms. The zero-order valence-electron chi connectivity index (χ0n) is 9.74. The van der Waals surface area contributed by atoms with Gasteiger partial charge in [0, 0.05) is 6.54 Å². The van der Waals surface area contributed by atoms with Crippen LogP contribution in [0, 0.1) is 0 Å². The third-order valence-corrected chi connectivity index (χ3v) is 2.90. The van der Waals surface area contributed by atoms with Gasteiger partial charge < -0.3 is 20.9 Å². The Morgan fingerprint density at radius 2 is 1.89 bits per heavy atom. The van der Waals surface area contributed by atoms with Gasteiger partial charge in [-0.2, -0.15) is 8.42 Å². The van der Waals surface area contributed by atoms with Gasteiger partial charge in [0.25, 0.3) is 10.2 Å². The highest BCUT2D eigenvalue weighted by Crippen LogP contribution is 2.13. The molecule has 0 aromatic heterocycles. The first-order chi connectivity index (χ1) is 8.07. The fourth-order valence-corrected chi connectivity index (χ4v) is 1.73. The van der Waals surface area contributed by atoms with Gasteiger partial charge in [0.1, 0.15) is 5.54 Å². The predicted octanol–water partition coefficient (Wildman–Crippen LogP) is -2.80. The Morgan fingerprint density at radius 3 is 2.28 bits per heavy atom. The third kappa shape index (κ3) is 7.58. The van der Waals surface area contributed by atoms with E-state index in [-0.39, 0.29) is 12.7 Å². The summed E-state index contributed by atoms with van der Waals surface area (Å²) in [4.78, 5) is 11.0. The fourth-order valence-electron chi connectivity index (χ4n) is 1.27. The molecule has 1 unspecified atom stereocenters. The maximum Gasteiger partial charge on any atom is 0.451 e. The molecule has 1 atom stereocenters. The lowest BCUT2D eigenvalue weighted by Crippen LogP contribution is -2.56. The van der Waals surface area contributed by atoms with Gasteiger partial charge in [0.2, 0.25) is 0 Å². The van der Waals surface area contributed by atoms with Gasteiger partial charge in [-0.05, 0) is 12.7 Å². The van der Waals surface area contributed by atoms with Gasteiger partial charge in [0.15, 0.2) is 0 Å². The van der Waals surface area contributed by atoms with Crippen molar-refractivity contribution >= 4 is 23.3 Å². The van der Waals surface area contributed by atoms with Crippen LogP contribution in [-0.2, 0) is 15.0 Å². The molecule has 0 aliphatic carbocycles. The summed E-state index contributed by atoms with van der Waals surface area (Å²) in [5, 5.41) is 30.8. The minimum Gasteiger partial charge on any atom is -0.480 e. The van der Waals surface area contributed by atoms with Gasteiger partial charge in [-0.15, -0.1) is 0 Å². The molecule has 0 aliphatic heterocycles. The number of nitrogens with two attached hydrogens (primary N) is 2. The smallest absolute Gasteiger partial charge is 0.451 e. The number of unbranched alkanes of at least 4 members (excludes halogenated alkanes) is 1. The van der Waals surface area contributed by atoms with Gasteiger partial charge in [-0.1, -0.05) is 12.8 Å². The van der Waals surface area contributed by atoms with Crippen LogP contribution < -0.4 is 15.6 Å². The largest absolute Gasteiger partial charge is 0.480 e. The number of aliphatic carboxylic acids is 1. The molecule has 0 saturated carbocycles. The summed E-state index contributed by atoms with van der Waals surface area (Å²) >= 11 is 0. The van der Waals surface area contributed by atoms with E-state index in [2.05, 4.69) is 5.14 Å². The van der Waals surface area contributed by atoms with E-state index in [9.17, 15) is 13.2 Å². The highest BCUT2D eigenvalue weighted by Gasteiger charge is 2.34. The number of hydrogen-bond donors (Lipinski definition) is 6. The second-order valence-electron chi connectivity index (χ2n) is 4.05. The lowest BCUT2D eigenvalue weighted by Gasteiger charge is -2.24. The molecule has 0 heterocycles. The standard InChI is InChI=1S/C7H18BN3O6S/c9-7(6(12)13,5-11-18(10,16)17)3-1-2-4-8(14)15/h11,14-15H,1-5,9H2,(H,12,13)(H2,10,16,17). The van der Waals surface area contributed by atoms with E-state index in [0.717, 1.165) is 0 Å². The molecule has 0 rings (SSSR count). The lowest BCUT2D eigenvalue weighted by atomic mass is 9.82. The number of rotatable bonds is 9. The molecule has 0 aromatic carbocycles. The monoisotopic (exact) mass is 283 g/mol. The Kier molecular flexibility index (Phi) is 6.74. The number of nitrogens with one attached hydrogen (secondary N) is 1. The molecule has 18 heavy (non-hydrogen) atoms. The van der Waals surface area contributed by atoms with Crippen LogP contribution in [0.5, 0.6) is 0 Å². The van der Waals surface area contributed by atoms with Crippen molar-refractivity contribution in [1.29, 1.82) is 0 Å². The number of carbonyl (C=O) groups is 1. The minimum absolute atomic E-state index is 0.0163. The van der Waals surface area contributed by atoms with Crippen molar-refractivity contribution in [2.75, 3.05) is 6.54 Å². The first-order valence-corrected chi connectivity index (χ1v) is 6.77. The van der Waals surface area contributed by atoms with Crippen LogP contribution >= 0.6 is 0 Å². The van der Waals surface area contributed by atoms with Crippen molar-refractivity contribution < 1.29 is 28.4 Å². The van der Waals surface area contributed by atoms with Crippen LogP contribution in [0.2, 0.25) is 6.32 Å². The summed E-state index contributed by atoms with van der Waals surface area (Å²) in [6.07, 6.45) is 0.752. The van der Waals surface area contributed by atoms with E-state index >= 15 is 0 Å². The Labute approximate surface area is 105 Å². The summed E-state index contributed by atoms with van der Waals surface area (Å²) < 4.78 is 23.2. The highest BCUT2D eigenvalue weighted by molar-refractivity contribution is 7.87. The zero-order chi connectivity index (χ0) is 14.4. The van der Waals surface area contributed by atoms with E-state index in [1.54, 1.807) is 0 Å². The van der Waals surface area contributed by atoms with Crippen molar-refractivity contribution in [3.8, 4) is 0 Å². The molecular weight excluding hydrogens is 265 g/mol. The maximum atomic E-state index is 11.0. The van der Waals surface area contributed by atoms with Crippen LogP contribution in [0.3, 0.4) is 0 Å². The van der Waals surface area contributed by atoms with Crippen LogP contribution in [0.1, 0.15) is 19.3 Å². The van der Waals surface area contributed by atoms with Crippen molar-refractivity contribution in [3.63, 3.8) is 0 Å². The summed E-state index contributed by atoms with van der Waals surface area (Å²) in [6.45, 7) is -0.525. The van der Waals surface area contributed by atoms with Crippen molar-refractivity contribution in [1.82, 2.24) is 4.72 Å². The Bertz CT molecular complexity index is 375. The Hall–Kier alpha value is -0.715. The summed E-state index contributed by atoms with van der Waals surface area (Å²) in [5.41, 5.74) is 3.79. The molecule has 0 aromatic rings. The molecule has 0 fully saturated rings. The molecule has 0 aliphatic rings. The topological polar surface area (TPSA) is 176 Å². The van der Waals surface area contributed by atoms with Gasteiger partial charge in [0.05, 0.1) is 0 Å². The molecule has 0 spiro atoms. The molecule has 106 valence electrons. The summed E-state index contributed by atoms with van der Waals surface area (Å²) in [6, 6.07) is 0. The molecular formula is C7H18BN3O6S. The van der Waals surface area contributed by atoms with E-state index < -0.39 is 35.4 Å². The fraction of sp³-hybridized carbons (Fsp3) is 0.857. The normalized spacial score (nSPS) is 15.1. The Balaban J connectivity index is 4.31. The average Bonchev–Trinajstić information content (AvgIpc) is 2.20. The number of carboxylic acids is 1. The predicted molar refractivity (Wildman–Crippen MR) is 64.5 cm³/mol. The molecule has 0 radical (unpaired) electrons. The van der Waals surface area contributed by atoms with Crippen molar-refractivity contribution in [2.45, 2.75) is 31.1 Å². The average molecular weight is 283 g/mol. The molecule has 8 N–H and O–H groups in total. The van der Waals surface area contributed by atoms with Gasteiger partial charge in [-0.3, -0.25) is 4.79 Å². The van der Waals surface area contributed by atoms with E-state index in [1.807, 2.05) is 4.72 Å². The second-order valence-corrected chi connectivity index (χ2v) is 5.43. The maximum absolute atomic E-state index is 11.0. The quantitative estimate of drug-likeness (QED) is 0.195. The van der Waals surface area contributed by atoms with Crippen LogP contribution in [0.4, 0.5) is 0 Å². The number of hydrogen-bond acceptors (Lipinski definition) is 6. The minimum atomic E-state index is -4.01. The summed E-state index contributed by atoms with van der Waals surface area (Å²) in [5.74, 6) is -1.36.